The van der Waals surface area contributed by atoms with Crippen LogP contribution in [0.4, 0.5) is 0 Å². The molecule has 0 bridgehead atoms. The largest absolute Gasteiger partial charge is 0.313 e. The van der Waals surface area contributed by atoms with Crippen LogP contribution in [-0.4, -0.2) is 62.2 Å². The molecule has 1 atom stereocenters. The van der Waals surface area contributed by atoms with Crippen LogP contribution in [-0.2, 0) is 0 Å². The average molecular weight is 257 g/mol. The molecule has 0 heterocycles. The molecule has 0 saturated carbocycles. The molecule has 110 valence electrons. The van der Waals surface area contributed by atoms with E-state index in [2.05, 4.69) is 63.8 Å². The van der Waals surface area contributed by atoms with Crippen LogP contribution in [0.1, 0.15) is 41.0 Å². The van der Waals surface area contributed by atoms with E-state index >= 15 is 0 Å². The van der Waals surface area contributed by atoms with Gasteiger partial charge in [-0.1, -0.05) is 34.6 Å². The normalized spacial score (nSPS) is 14.2. The fourth-order valence-electron chi connectivity index (χ4n) is 2.12. The lowest BCUT2D eigenvalue weighted by Crippen LogP contribution is -2.47. The molecule has 0 aliphatic rings. The van der Waals surface area contributed by atoms with Gasteiger partial charge in [0.25, 0.3) is 0 Å². The predicted octanol–water partition coefficient (Wildman–Crippen LogP) is 2.28. The average Bonchev–Trinajstić information content (AvgIpc) is 2.25. The summed E-state index contributed by atoms with van der Waals surface area (Å²) in [5.41, 5.74) is 0. The van der Waals surface area contributed by atoms with Crippen molar-refractivity contribution in [2.45, 2.75) is 53.1 Å². The van der Waals surface area contributed by atoms with Gasteiger partial charge in [0, 0.05) is 38.3 Å². The Hall–Kier alpha value is -0.120. The molecule has 1 unspecified atom stereocenters. The van der Waals surface area contributed by atoms with Gasteiger partial charge in [-0.05, 0) is 26.4 Å². The van der Waals surface area contributed by atoms with Gasteiger partial charge in [-0.2, -0.15) is 0 Å². The van der Waals surface area contributed by atoms with Crippen LogP contribution in [0.15, 0.2) is 0 Å². The molecule has 0 aromatic carbocycles. The minimum absolute atomic E-state index is 0.578. The van der Waals surface area contributed by atoms with Crippen molar-refractivity contribution in [2.24, 2.45) is 5.92 Å². The maximum absolute atomic E-state index is 3.58. The highest BCUT2D eigenvalue weighted by atomic mass is 15.2. The molecule has 3 nitrogen and oxygen atoms in total. The predicted molar refractivity (Wildman–Crippen MR) is 82.2 cm³/mol. The minimum atomic E-state index is 0.578. The fourth-order valence-corrected chi connectivity index (χ4v) is 2.12. The molecule has 18 heavy (non-hydrogen) atoms. The summed E-state index contributed by atoms with van der Waals surface area (Å²) in [6, 6.07) is 1.24. The third-order valence-electron chi connectivity index (χ3n) is 3.18. The highest BCUT2D eigenvalue weighted by Gasteiger charge is 2.17. The van der Waals surface area contributed by atoms with E-state index in [4.69, 9.17) is 0 Å². The van der Waals surface area contributed by atoms with Gasteiger partial charge in [0.15, 0.2) is 0 Å². The van der Waals surface area contributed by atoms with Gasteiger partial charge in [0.05, 0.1) is 0 Å². The van der Waals surface area contributed by atoms with Crippen LogP contribution in [0.2, 0.25) is 0 Å². The zero-order valence-electron chi connectivity index (χ0n) is 13.7. The number of nitrogens with one attached hydrogen (secondary N) is 1. The molecule has 0 aromatic rings. The molecular weight excluding hydrogens is 222 g/mol. The summed E-state index contributed by atoms with van der Waals surface area (Å²) in [5, 5.41) is 3.58. The third kappa shape index (κ3) is 8.90. The number of likely N-dealkylation sites (N-methyl/N-ethyl adjacent to an activating group) is 1. The molecule has 1 N–H and O–H groups in total. The minimum Gasteiger partial charge on any atom is -0.313 e. The monoisotopic (exact) mass is 257 g/mol. The van der Waals surface area contributed by atoms with Crippen LogP contribution < -0.4 is 5.32 Å². The van der Waals surface area contributed by atoms with Crippen molar-refractivity contribution in [2.75, 3.05) is 40.3 Å². The molecule has 0 aromatic heterocycles. The lowest BCUT2D eigenvalue weighted by Gasteiger charge is -2.34. The quantitative estimate of drug-likeness (QED) is 0.648. The molecule has 0 saturated heterocycles. The second-order valence-corrected chi connectivity index (χ2v) is 6.32. The lowest BCUT2D eigenvalue weighted by molar-refractivity contribution is 0.151. The molecule has 0 aliphatic carbocycles. The number of hydrogen-bond donors (Lipinski definition) is 1. The van der Waals surface area contributed by atoms with Crippen molar-refractivity contribution >= 4 is 0 Å². The highest BCUT2D eigenvalue weighted by Crippen LogP contribution is 2.08. The summed E-state index contributed by atoms with van der Waals surface area (Å²) >= 11 is 0. The van der Waals surface area contributed by atoms with E-state index in [-0.39, 0.29) is 0 Å². The summed E-state index contributed by atoms with van der Waals surface area (Å²) in [6.45, 7) is 16.0. The second kappa shape index (κ2) is 9.76. The molecule has 0 radical (unpaired) electrons. The Morgan fingerprint density at radius 3 is 2.00 bits per heavy atom. The van der Waals surface area contributed by atoms with E-state index in [1.165, 1.54) is 19.5 Å². The van der Waals surface area contributed by atoms with Gasteiger partial charge in [-0.3, -0.25) is 4.90 Å². The van der Waals surface area contributed by atoms with Crippen LogP contribution in [0, 0.1) is 5.92 Å². The Morgan fingerprint density at radius 2 is 1.61 bits per heavy atom. The van der Waals surface area contributed by atoms with Crippen molar-refractivity contribution in [1.29, 1.82) is 0 Å². The van der Waals surface area contributed by atoms with Crippen molar-refractivity contribution in [3.05, 3.63) is 0 Å². The summed E-state index contributed by atoms with van der Waals surface area (Å²) < 4.78 is 0. The Bertz CT molecular complexity index is 190. The molecule has 0 rings (SSSR count). The first-order valence-corrected chi connectivity index (χ1v) is 7.48. The maximum atomic E-state index is 3.58. The SMILES string of the molecule is CCC(CNC(C)C)N(CCN(C)C)CC(C)C. The van der Waals surface area contributed by atoms with E-state index in [1.807, 2.05) is 0 Å². The molecule has 0 fully saturated rings. The van der Waals surface area contributed by atoms with Gasteiger partial charge in [0.2, 0.25) is 0 Å². The number of rotatable bonds is 10. The maximum Gasteiger partial charge on any atom is 0.0218 e. The first-order valence-electron chi connectivity index (χ1n) is 7.48. The van der Waals surface area contributed by atoms with Crippen LogP contribution in [0.25, 0.3) is 0 Å². The first kappa shape index (κ1) is 17.9. The Balaban J connectivity index is 4.36. The summed E-state index contributed by atoms with van der Waals surface area (Å²) in [6.07, 6.45) is 1.22. The smallest absolute Gasteiger partial charge is 0.0218 e. The summed E-state index contributed by atoms with van der Waals surface area (Å²) in [4.78, 5) is 4.93. The number of nitrogens with zero attached hydrogens (tertiary/aromatic N) is 2. The third-order valence-corrected chi connectivity index (χ3v) is 3.18. The standard InChI is InChI=1S/C15H35N3/c1-8-15(11-16-14(4)5)18(12-13(2)3)10-9-17(6)7/h13-16H,8-12H2,1-7H3. The molecule has 0 amide bonds. The van der Waals surface area contributed by atoms with E-state index in [0.29, 0.717) is 12.1 Å². The Kier molecular flexibility index (Phi) is 9.70. The van der Waals surface area contributed by atoms with Gasteiger partial charge in [-0.25, -0.2) is 0 Å². The topological polar surface area (TPSA) is 18.5 Å². The highest BCUT2D eigenvalue weighted by molar-refractivity contribution is 4.75. The van der Waals surface area contributed by atoms with Gasteiger partial charge in [-0.15, -0.1) is 0 Å². The summed E-state index contributed by atoms with van der Waals surface area (Å²) in [5.74, 6) is 0.736. The van der Waals surface area contributed by atoms with Gasteiger partial charge >= 0.3 is 0 Å². The van der Waals surface area contributed by atoms with E-state index < -0.39 is 0 Å². The van der Waals surface area contributed by atoms with Crippen molar-refractivity contribution in [1.82, 2.24) is 15.1 Å². The molecular formula is C15H35N3. The fraction of sp³-hybridized carbons (Fsp3) is 1.00. The zero-order chi connectivity index (χ0) is 14.1. The number of hydrogen-bond acceptors (Lipinski definition) is 3. The van der Waals surface area contributed by atoms with Gasteiger partial charge < -0.3 is 10.2 Å². The van der Waals surface area contributed by atoms with Gasteiger partial charge in [0.1, 0.15) is 0 Å². The Morgan fingerprint density at radius 1 is 1.00 bits per heavy atom. The zero-order valence-corrected chi connectivity index (χ0v) is 13.7. The lowest BCUT2D eigenvalue weighted by atomic mass is 10.1. The molecule has 0 aliphatic heterocycles. The molecule has 3 heteroatoms. The second-order valence-electron chi connectivity index (χ2n) is 6.32. The van der Waals surface area contributed by atoms with E-state index in [1.54, 1.807) is 0 Å². The van der Waals surface area contributed by atoms with Crippen molar-refractivity contribution in [3.8, 4) is 0 Å². The van der Waals surface area contributed by atoms with E-state index in [0.717, 1.165) is 19.0 Å². The first-order chi connectivity index (χ1) is 8.36. The van der Waals surface area contributed by atoms with Crippen molar-refractivity contribution < 1.29 is 0 Å². The summed E-state index contributed by atoms with van der Waals surface area (Å²) in [7, 11) is 4.31. The van der Waals surface area contributed by atoms with Crippen LogP contribution in [0.5, 0.6) is 0 Å². The van der Waals surface area contributed by atoms with Crippen molar-refractivity contribution in [3.63, 3.8) is 0 Å². The Labute approximate surface area is 115 Å². The van der Waals surface area contributed by atoms with Crippen LogP contribution in [0.3, 0.4) is 0 Å². The molecule has 0 spiro atoms. The van der Waals surface area contributed by atoms with E-state index in [9.17, 15) is 0 Å². The van der Waals surface area contributed by atoms with Crippen LogP contribution >= 0.6 is 0 Å².